The van der Waals surface area contributed by atoms with E-state index in [-0.39, 0.29) is 48.5 Å². The molecule has 0 bridgehead atoms. The molecule has 0 saturated heterocycles. The van der Waals surface area contributed by atoms with Crippen molar-refractivity contribution in [2.75, 3.05) is 6.61 Å². The molecular weight excluding hydrogens is 482 g/mol. The van der Waals surface area contributed by atoms with E-state index in [4.69, 9.17) is 9.47 Å². The zero-order valence-electron chi connectivity index (χ0n) is 24.0. The van der Waals surface area contributed by atoms with Crippen molar-refractivity contribution < 1.29 is 23.0 Å². The maximum atomic E-state index is 14.8. The van der Waals surface area contributed by atoms with Gasteiger partial charge in [0, 0.05) is 6.42 Å². The highest BCUT2D eigenvalue weighted by atomic mass is 19.1. The molecule has 0 spiro atoms. The maximum absolute atomic E-state index is 14.8. The smallest absolute Gasteiger partial charge is 0.309 e. The molecule has 0 N–H and O–H groups in total. The third kappa shape index (κ3) is 10.5. The normalized spacial score (nSPS) is 24.6. The monoisotopic (exact) mass is 534 g/mol. The van der Waals surface area contributed by atoms with Gasteiger partial charge in [-0.3, -0.25) is 4.79 Å². The Morgan fingerprint density at radius 1 is 0.921 bits per heavy atom. The summed E-state index contributed by atoms with van der Waals surface area (Å²) in [6, 6.07) is 4.95. The summed E-state index contributed by atoms with van der Waals surface area (Å²) in [7, 11) is 0. The fourth-order valence-electron chi connectivity index (χ4n) is 6.30. The second kappa shape index (κ2) is 17.1. The lowest BCUT2D eigenvalue weighted by Gasteiger charge is -2.32. The van der Waals surface area contributed by atoms with Gasteiger partial charge in [0.15, 0.2) is 11.6 Å². The van der Waals surface area contributed by atoms with Gasteiger partial charge in [-0.1, -0.05) is 71.3 Å². The second-order valence-electron chi connectivity index (χ2n) is 11.9. The van der Waals surface area contributed by atoms with Crippen LogP contribution in [0.25, 0.3) is 0 Å². The van der Waals surface area contributed by atoms with Gasteiger partial charge in [0.1, 0.15) is 12.3 Å². The van der Waals surface area contributed by atoms with Crippen LogP contribution < -0.4 is 4.74 Å². The largest absolute Gasteiger partial charge is 0.490 e. The lowest BCUT2D eigenvalue weighted by Crippen LogP contribution is -2.32. The number of alkyl halides is 1. The number of esters is 1. The molecule has 1 aromatic rings. The Balaban J connectivity index is 1.25. The summed E-state index contributed by atoms with van der Waals surface area (Å²) in [6.45, 7) is 4.40. The van der Waals surface area contributed by atoms with Crippen LogP contribution in [0.3, 0.4) is 0 Å². The topological polar surface area (TPSA) is 35.5 Å². The van der Waals surface area contributed by atoms with E-state index in [1.54, 1.807) is 6.07 Å². The van der Waals surface area contributed by atoms with Crippen LogP contribution in [0.2, 0.25) is 0 Å². The van der Waals surface area contributed by atoms with Gasteiger partial charge in [-0.15, -0.1) is 0 Å². The highest BCUT2D eigenvalue weighted by Crippen LogP contribution is 2.35. The van der Waals surface area contributed by atoms with Gasteiger partial charge in [0.05, 0.1) is 12.5 Å². The fourth-order valence-corrected chi connectivity index (χ4v) is 6.30. The van der Waals surface area contributed by atoms with Gasteiger partial charge in [-0.25, -0.2) is 8.78 Å². The van der Waals surface area contributed by atoms with E-state index in [9.17, 15) is 13.6 Å². The minimum Gasteiger partial charge on any atom is -0.490 e. The lowest BCUT2D eigenvalue weighted by atomic mass is 9.79. The molecule has 0 amide bonds. The molecule has 1 aromatic carbocycles. The molecule has 0 radical (unpaired) electrons. The molecule has 1 unspecified atom stereocenters. The van der Waals surface area contributed by atoms with E-state index in [1.807, 2.05) is 13.0 Å². The highest BCUT2D eigenvalue weighted by molar-refractivity contribution is 5.72. The summed E-state index contributed by atoms with van der Waals surface area (Å²) >= 11 is 0. The zero-order valence-corrected chi connectivity index (χ0v) is 24.0. The Morgan fingerprint density at radius 3 is 2.26 bits per heavy atom. The highest BCUT2D eigenvalue weighted by Gasteiger charge is 2.32. The first-order valence-corrected chi connectivity index (χ1v) is 15.8. The summed E-state index contributed by atoms with van der Waals surface area (Å²) in [5.74, 6) is 0.575. The number of benzene rings is 1. The molecule has 0 heterocycles. The van der Waals surface area contributed by atoms with Crippen molar-refractivity contribution in [1.82, 2.24) is 0 Å². The molecule has 1 atom stereocenters. The van der Waals surface area contributed by atoms with Crippen LogP contribution in [0.1, 0.15) is 129 Å². The van der Waals surface area contributed by atoms with E-state index in [0.29, 0.717) is 0 Å². The van der Waals surface area contributed by atoms with Crippen molar-refractivity contribution >= 4 is 5.97 Å². The molecule has 216 valence electrons. The summed E-state index contributed by atoms with van der Waals surface area (Å²) in [5.41, 5.74) is 0.919. The predicted octanol–water partition coefficient (Wildman–Crippen LogP) is 9.54. The van der Waals surface area contributed by atoms with E-state index in [2.05, 4.69) is 6.92 Å². The van der Waals surface area contributed by atoms with Gasteiger partial charge in [0.25, 0.3) is 0 Å². The second-order valence-corrected chi connectivity index (χ2v) is 11.9. The van der Waals surface area contributed by atoms with Gasteiger partial charge >= 0.3 is 5.97 Å². The molecule has 2 aliphatic rings. The van der Waals surface area contributed by atoms with Crippen LogP contribution in [0.4, 0.5) is 8.78 Å². The van der Waals surface area contributed by atoms with E-state index in [0.717, 1.165) is 69.3 Å². The first-order valence-electron chi connectivity index (χ1n) is 15.8. The number of unbranched alkanes of at least 4 members (excludes halogenated alkanes) is 6. The Morgan fingerprint density at radius 2 is 1.61 bits per heavy atom. The molecule has 5 heteroatoms. The minimum absolute atomic E-state index is 0.0239. The molecule has 3 rings (SSSR count). The Kier molecular flexibility index (Phi) is 13.9. The zero-order chi connectivity index (χ0) is 27.2. The first kappa shape index (κ1) is 30.9. The minimum atomic E-state index is -0.976. The molecule has 38 heavy (non-hydrogen) atoms. The Labute approximate surface area is 230 Å². The lowest BCUT2D eigenvalue weighted by molar-refractivity contribution is -0.157. The van der Waals surface area contributed by atoms with Crippen molar-refractivity contribution in [2.45, 2.75) is 142 Å². The van der Waals surface area contributed by atoms with E-state index < -0.39 is 6.17 Å². The van der Waals surface area contributed by atoms with Crippen molar-refractivity contribution in [3.05, 3.63) is 29.6 Å². The van der Waals surface area contributed by atoms with Crippen LogP contribution >= 0.6 is 0 Å². The van der Waals surface area contributed by atoms with Crippen LogP contribution in [-0.2, 0) is 16.0 Å². The van der Waals surface area contributed by atoms with Crippen molar-refractivity contribution in [3.63, 3.8) is 0 Å². The average Bonchev–Trinajstić information content (AvgIpc) is 2.94. The number of hydrogen-bond acceptors (Lipinski definition) is 3. The van der Waals surface area contributed by atoms with Gasteiger partial charge < -0.3 is 9.47 Å². The third-order valence-electron chi connectivity index (χ3n) is 8.96. The summed E-state index contributed by atoms with van der Waals surface area (Å²) in [4.78, 5) is 12.8. The molecule has 3 nitrogen and oxygen atoms in total. The first-order chi connectivity index (χ1) is 18.5. The van der Waals surface area contributed by atoms with E-state index in [1.165, 1.54) is 57.4 Å². The number of rotatable bonds is 16. The molecule has 0 aromatic heterocycles. The van der Waals surface area contributed by atoms with Crippen molar-refractivity contribution in [1.29, 1.82) is 0 Å². The maximum Gasteiger partial charge on any atom is 0.309 e. The molecule has 2 aliphatic carbocycles. The number of aryl methyl sites for hydroxylation is 1. The SMILES string of the molecule is CCCCCCCCCC1CCC(C(=O)OC2CCC(C(F)CCOc3ccc(CC)cc3F)CC2)CC1. The predicted molar refractivity (Wildman–Crippen MR) is 151 cm³/mol. The van der Waals surface area contributed by atoms with Crippen LogP contribution in [-0.4, -0.2) is 24.9 Å². The standard InChI is InChI=1S/C33H52F2O3/c1-3-5-6-7-8-9-10-11-26-12-15-28(16-13-26)33(36)38-29-19-17-27(18-20-29)30(34)22-23-37-32-21-14-25(4-2)24-31(32)35/h14,21,24,26-30H,3-13,15-20,22-23H2,1-2H3. The summed E-state index contributed by atoms with van der Waals surface area (Å²) in [5, 5.41) is 0. The molecule has 2 saturated carbocycles. The molecule has 2 fully saturated rings. The third-order valence-corrected chi connectivity index (χ3v) is 8.96. The fraction of sp³-hybridized carbons (Fsp3) is 0.788. The van der Waals surface area contributed by atoms with Crippen LogP contribution in [0, 0.1) is 23.6 Å². The van der Waals surface area contributed by atoms with Crippen molar-refractivity contribution in [3.8, 4) is 5.75 Å². The van der Waals surface area contributed by atoms with Gasteiger partial charge in [-0.2, -0.15) is 0 Å². The van der Waals surface area contributed by atoms with Gasteiger partial charge in [-0.05, 0) is 87.3 Å². The summed E-state index contributed by atoms with van der Waals surface area (Å²) in [6.07, 6.45) is 17.9. The number of hydrogen-bond donors (Lipinski definition) is 0. The molecular formula is C33H52F2O3. The number of carbonyl (C=O) groups is 1. The number of ether oxygens (including phenoxy) is 2. The Bertz CT molecular complexity index is 797. The molecule has 0 aliphatic heterocycles. The van der Waals surface area contributed by atoms with Crippen LogP contribution in [0.15, 0.2) is 18.2 Å². The number of carbonyl (C=O) groups excluding carboxylic acids is 1. The Hall–Kier alpha value is -1.65. The van der Waals surface area contributed by atoms with Gasteiger partial charge in [0.2, 0.25) is 0 Å². The summed E-state index contributed by atoms with van der Waals surface area (Å²) < 4.78 is 40.3. The number of halogens is 2. The van der Waals surface area contributed by atoms with Crippen LogP contribution in [0.5, 0.6) is 5.75 Å². The quantitative estimate of drug-likeness (QED) is 0.156. The van der Waals surface area contributed by atoms with Crippen molar-refractivity contribution in [2.24, 2.45) is 17.8 Å². The van der Waals surface area contributed by atoms with E-state index >= 15 is 0 Å². The average molecular weight is 535 g/mol.